The van der Waals surface area contributed by atoms with Crippen LogP contribution in [0.5, 0.6) is 0 Å². The molecule has 2 atom stereocenters. The maximum Gasteiger partial charge on any atom is 0.165 e. The zero-order chi connectivity index (χ0) is 15.4. The maximum atomic E-state index is 6.10. The average molecular weight is 313 g/mol. The number of nitrogens with zero attached hydrogens (tertiary/aromatic N) is 5. The van der Waals surface area contributed by atoms with Crippen LogP contribution in [0.25, 0.3) is 0 Å². The zero-order valence-electron chi connectivity index (χ0n) is 13.6. The zero-order valence-corrected chi connectivity index (χ0v) is 13.6. The van der Waals surface area contributed by atoms with Gasteiger partial charge in [-0.2, -0.15) is 0 Å². The SMILES string of the molecule is C[C@@H]1C[C@@H]1c1ccc(CN(Cc2nnnn2C2CC2)C2CC2)o1. The minimum Gasteiger partial charge on any atom is -0.464 e. The first kappa shape index (κ1) is 13.7. The van der Waals surface area contributed by atoms with Crippen LogP contribution in [0.1, 0.15) is 68.3 Å². The van der Waals surface area contributed by atoms with Gasteiger partial charge in [-0.05, 0) is 60.6 Å². The molecule has 2 heterocycles. The highest BCUT2D eigenvalue weighted by Gasteiger charge is 2.37. The Morgan fingerprint density at radius 3 is 2.74 bits per heavy atom. The molecule has 0 unspecified atom stereocenters. The summed E-state index contributed by atoms with van der Waals surface area (Å²) < 4.78 is 8.12. The first-order valence-electron chi connectivity index (χ1n) is 8.87. The number of hydrogen-bond donors (Lipinski definition) is 0. The minimum atomic E-state index is 0.535. The predicted molar refractivity (Wildman–Crippen MR) is 83.6 cm³/mol. The summed E-state index contributed by atoms with van der Waals surface area (Å²) in [4.78, 5) is 2.48. The van der Waals surface area contributed by atoms with E-state index in [1.54, 1.807) is 0 Å². The molecule has 23 heavy (non-hydrogen) atoms. The van der Waals surface area contributed by atoms with Gasteiger partial charge < -0.3 is 4.42 Å². The summed E-state index contributed by atoms with van der Waals surface area (Å²) in [5, 5.41) is 12.3. The summed E-state index contributed by atoms with van der Waals surface area (Å²) in [6.45, 7) is 3.98. The molecule has 0 aromatic carbocycles. The van der Waals surface area contributed by atoms with Crippen molar-refractivity contribution < 1.29 is 4.42 Å². The van der Waals surface area contributed by atoms with Gasteiger partial charge in [-0.15, -0.1) is 5.10 Å². The molecule has 3 fully saturated rings. The van der Waals surface area contributed by atoms with Gasteiger partial charge in [0.05, 0.1) is 19.1 Å². The van der Waals surface area contributed by atoms with Gasteiger partial charge in [0.15, 0.2) is 5.82 Å². The Kier molecular flexibility index (Phi) is 3.08. The second-order valence-corrected chi connectivity index (χ2v) is 7.53. The predicted octanol–water partition coefficient (Wildman–Crippen LogP) is 2.89. The fraction of sp³-hybridized carbons (Fsp3) is 0.706. The van der Waals surface area contributed by atoms with Crippen LogP contribution in [0.15, 0.2) is 16.5 Å². The highest BCUT2D eigenvalue weighted by atomic mass is 16.3. The van der Waals surface area contributed by atoms with Gasteiger partial charge in [-0.3, -0.25) is 4.90 Å². The molecule has 2 aromatic heterocycles. The molecule has 3 saturated carbocycles. The summed E-state index contributed by atoms with van der Waals surface area (Å²) in [6, 6.07) is 5.52. The molecule has 3 aliphatic rings. The molecule has 0 N–H and O–H groups in total. The lowest BCUT2D eigenvalue weighted by atomic mass is 10.3. The highest BCUT2D eigenvalue weighted by Crippen LogP contribution is 2.47. The Hall–Kier alpha value is -1.69. The van der Waals surface area contributed by atoms with Gasteiger partial charge in [-0.25, -0.2) is 4.68 Å². The van der Waals surface area contributed by atoms with E-state index in [2.05, 4.69) is 39.5 Å². The lowest BCUT2D eigenvalue weighted by Gasteiger charge is -2.20. The Labute approximate surface area is 135 Å². The highest BCUT2D eigenvalue weighted by molar-refractivity contribution is 5.17. The summed E-state index contributed by atoms with van der Waals surface area (Å²) in [5.74, 6) is 4.70. The van der Waals surface area contributed by atoms with Gasteiger partial charge in [0, 0.05) is 12.0 Å². The molecular formula is C17H23N5O. The van der Waals surface area contributed by atoms with Crippen molar-refractivity contribution in [3.63, 3.8) is 0 Å². The number of hydrogen-bond acceptors (Lipinski definition) is 5. The molecule has 0 saturated heterocycles. The van der Waals surface area contributed by atoms with E-state index in [9.17, 15) is 0 Å². The molecule has 6 nitrogen and oxygen atoms in total. The average Bonchev–Trinajstić information content (AvgIpc) is 3.47. The van der Waals surface area contributed by atoms with Crippen molar-refractivity contribution in [3.8, 4) is 0 Å². The maximum absolute atomic E-state index is 6.10. The van der Waals surface area contributed by atoms with Crippen LogP contribution < -0.4 is 0 Å². The van der Waals surface area contributed by atoms with Crippen molar-refractivity contribution >= 4 is 0 Å². The van der Waals surface area contributed by atoms with Crippen LogP contribution in [0, 0.1) is 5.92 Å². The standard InChI is InChI=1S/C17H23N5O/c1-11-8-15(11)16-7-6-14(23-16)9-21(12-2-3-12)10-17-18-19-20-22(17)13-4-5-13/h6-7,11-13,15H,2-5,8-10H2,1H3/t11-,15+/m1/s1. The van der Waals surface area contributed by atoms with Gasteiger partial charge in [0.2, 0.25) is 0 Å². The van der Waals surface area contributed by atoms with Crippen molar-refractivity contribution in [2.75, 3.05) is 0 Å². The van der Waals surface area contributed by atoms with Gasteiger partial charge in [0.25, 0.3) is 0 Å². The van der Waals surface area contributed by atoms with E-state index in [0.29, 0.717) is 18.0 Å². The first-order valence-corrected chi connectivity index (χ1v) is 8.87. The van der Waals surface area contributed by atoms with Gasteiger partial charge >= 0.3 is 0 Å². The van der Waals surface area contributed by atoms with E-state index in [-0.39, 0.29) is 0 Å². The Bertz CT molecular complexity index is 699. The van der Waals surface area contributed by atoms with Crippen LogP contribution in [0.3, 0.4) is 0 Å². The third-order valence-corrected chi connectivity index (χ3v) is 5.38. The van der Waals surface area contributed by atoms with Crippen LogP contribution in [0.4, 0.5) is 0 Å². The monoisotopic (exact) mass is 313 g/mol. The van der Waals surface area contributed by atoms with Crippen molar-refractivity contribution in [3.05, 3.63) is 29.5 Å². The third-order valence-electron chi connectivity index (χ3n) is 5.38. The molecule has 0 bridgehead atoms. The summed E-state index contributed by atoms with van der Waals surface area (Å²) in [5.41, 5.74) is 0. The van der Waals surface area contributed by atoms with E-state index >= 15 is 0 Å². The Morgan fingerprint density at radius 2 is 2.04 bits per heavy atom. The molecular weight excluding hydrogens is 290 g/mol. The summed E-state index contributed by atoms with van der Waals surface area (Å²) >= 11 is 0. The lowest BCUT2D eigenvalue weighted by Crippen LogP contribution is -2.26. The Morgan fingerprint density at radius 1 is 1.22 bits per heavy atom. The number of aromatic nitrogens is 4. The van der Waals surface area contributed by atoms with Crippen LogP contribution >= 0.6 is 0 Å². The fourth-order valence-corrected chi connectivity index (χ4v) is 3.45. The molecule has 3 aliphatic carbocycles. The fourth-order valence-electron chi connectivity index (χ4n) is 3.45. The molecule has 0 aliphatic heterocycles. The molecule has 0 radical (unpaired) electrons. The second kappa shape index (κ2) is 5.16. The van der Waals surface area contributed by atoms with Crippen molar-refractivity contribution in [2.45, 2.75) is 70.1 Å². The second-order valence-electron chi connectivity index (χ2n) is 7.53. The van der Waals surface area contributed by atoms with Crippen LogP contribution in [-0.2, 0) is 13.1 Å². The van der Waals surface area contributed by atoms with Gasteiger partial charge in [0.1, 0.15) is 11.5 Å². The largest absolute Gasteiger partial charge is 0.464 e. The van der Waals surface area contributed by atoms with E-state index in [1.807, 2.05) is 4.68 Å². The topological polar surface area (TPSA) is 60.0 Å². The number of tetrazole rings is 1. The minimum absolute atomic E-state index is 0.535. The van der Waals surface area contributed by atoms with Crippen molar-refractivity contribution in [1.29, 1.82) is 0 Å². The molecule has 122 valence electrons. The van der Waals surface area contributed by atoms with E-state index in [4.69, 9.17) is 4.42 Å². The molecule has 0 amide bonds. The van der Waals surface area contributed by atoms with Gasteiger partial charge in [-0.1, -0.05) is 6.92 Å². The molecule has 5 rings (SSSR count). The summed E-state index contributed by atoms with van der Waals surface area (Å²) in [7, 11) is 0. The quantitative estimate of drug-likeness (QED) is 0.786. The van der Waals surface area contributed by atoms with Crippen molar-refractivity contribution in [2.24, 2.45) is 5.92 Å². The van der Waals surface area contributed by atoms with E-state index < -0.39 is 0 Å². The normalized spacial score (nSPS) is 26.9. The smallest absolute Gasteiger partial charge is 0.165 e. The molecule has 0 spiro atoms. The first-order chi connectivity index (χ1) is 11.3. The van der Waals surface area contributed by atoms with Crippen LogP contribution in [0.2, 0.25) is 0 Å². The van der Waals surface area contributed by atoms with Crippen molar-refractivity contribution in [1.82, 2.24) is 25.1 Å². The molecule has 2 aromatic rings. The Balaban J connectivity index is 1.30. The van der Waals surface area contributed by atoms with E-state index in [0.717, 1.165) is 30.6 Å². The molecule has 6 heteroatoms. The third kappa shape index (κ3) is 2.80. The van der Waals surface area contributed by atoms with E-state index in [1.165, 1.54) is 37.9 Å². The number of rotatable bonds is 7. The number of furan rings is 1. The summed E-state index contributed by atoms with van der Waals surface area (Å²) in [6.07, 6.45) is 6.25. The van der Waals surface area contributed by atoms with Crippen LogP contribution in [-0.4, -0.2) is 31.1 Å². The lowest BCUT2D eigenvalue weighted by molar-refractivity contribution is 0.213.